The second kappa shape index (κ2) is 5.18. The summed E-state index contributed by atoms with van der Waals surface area (Å²) in [5.41, 5.74) is 4.82. The smallest absolute Gasteiger partial charge is 0.396 e. The number of alkyl halides is 3. The van der Waals surface area contributed by atoms with Crippen LogP contribution >= 0.6 is 0 Å². The number of rotatable bonds is 4. The highest BCUT2D eigenvalue weighted by molar-refractivity contribution is 5.83. The van der Waals surface area contributed by atoms with Gasteiger partial charge in [0.15, 0.2) is 0 Å². The van der Waals surface area contributed by atoms with Crippen molar-refractivity contribution >= 4 is 17.3 Å². The van der Waals surface area contributed by atoms with Crippen molar-refractivity contribution in [1.29, 1.82) is 0 Å². The average Bonchev–Trinajstić information content (AvgIpc) is 3.11. The number of hydrogen-bond acceptors (Lipinski definition) is 4. The molecular weight excluding hydrogens is 273 g/mol. The van der Waals surface area contributed by atoms with Crippen LogP contribution in [0.1, 0.15) is 18.5 Å². The summed E-state index contributed by atoms with van der Waals surface area (Å²) < 4.78 is 37.8. The minimum atomic E-state index is -4.54. The van der Waals surface area contributed by atoms with Gasteiger partial charge in [0, 0.05) is 13.1 Å². The monoisotopic (exact) mass is 288 g/mol. The maximum Gasteiger partial charge on any atom is 0.433 e. The van der Waals surface area contributed by atoms with Gasteiger partial charge in [-0.05, 0) is 18.9 Å². The number of carbonyl (C=O) groups is 1. The Hall–Kier alpha value is -1.99. The van der Waals surface area contributed by atoms with E-state index in [0.29, 0.717) is 0 Å². The fraction of sp³-hybridized carbons (Fsp3) is 0.500. The van der Waals surface area contributed by atoms with E-state index in [0.717, 1.165) is 25.1 Å². The highest BCUT2D eigenvalue weighted by atomic mass is 19.4. The highest BCUT2D eigenvalue weighted by Crippen LogP contribution is 2.32. The third-order valence-electron chi connectivity index (χ3n) is 2.94. The molecule has 0 radical (unpaired) electrons. The second-order valence-electron chi connectivity index (χ2n) is 4.82. The van der Waals surface area contributed by atoms with Gasteiger partial charge in [-0.25, -0.2) is 4.98 Å². The lowest BCUT2D eigenvalue weighted by Gasteiger charge is -2.21. The average molecular weight is 288 g/mol. The molecule has 3 N–H and O–H groups in total. The lowest BCUT2D eigenvalue weighted by molar-refractivity contribution is -0.141. The van der Waals surface area contributed by atoms with Gasteiger partial charge in [0.05, 0.1) is 24.1 Å². The third-order valence-corrected chi connectivity index (χ3v) is 2.94. The van der Waals surface area contributed by atoms with E-state index in [1.165, 1.54) is 11.9 Å². The Balaban J connectivity index is 2.11. The Bertz CT molecular complexity index is 514. The Morgan fingerprint density at radius 3 is 2.75 bits per heavy atom. The van der Waals surface area contributed by atoms with Crippen LogP contribution in [0, 0.1) is 0 Å². The number of nitrogens with one attached hydrogen (secondary N) is 1. The molecule has 0 saturated heterocycles. The Kier molecular flexibility index (Phi) is 3.74. The van der Waals surface area contributed by atoms with E-state index in [1.54, 1.807) is 0 Å². The molecule has 0 unspecified atom stereocenters. The molecule has 0 spiro atoms. The molecule has 2 rings (SSSR count). The quantitative estimate of drug-likeness (QED) is 0.878. The van der Waals surface area contributed by atoms with Crippen LogP contribution in [-0.2, 0) is 11.0 Å². The Labute approximate surface area is 114 Å². The number of hydrogen-bond donors (Lipinski definition) is 2. The topological polar surface area (TPSA) is 71.2 Å². The van der Waals surface area contributed by atoms with E-state index in [-0.39, 0.29) is 29.9 Å². The van der Waals surface area contributed by atoms with Crippen molar-refractivity contribution in [3.05, 3.63) is 18.0 Å². The van der Waals surface area contributed by atoms with Crippen molar-refractivity contribution in [2.24, 2.45) is 0 Å². The zero-order valence-electron chi connectivity index (χ0n) is 10.9. The van der Waals surface area contributed by atoms with E-state index in [2.05, 4.69) is 10.3 Å². The van der Waals surface area contributed by atoms with E-state index >= 15 is 0 Å². The number of pyridine rings is 1. The summed E-state index contributed by atoms with van der Waals surface area (Å²) in [6.07, 6.45) is -1.69. The van der Waals surface area contributed by atoms with E-state index in [1.807, 2.05) is 0 Å². The zero-order valence-corrected chi connectivity index (χ0v) is 10.9. The maximum atomic E-state index is 12.6. The van der Waals surface area contributed by atoms with E-state index in [9.17, 15) is 18.0 Å². The molecule has 110 valence electrons. The summed E-state index contributed by atoms with van der Waals surface area (Å²) in [4.78, 5) is 16.3. The molecule has 1 aromatic heterocycles. The lowest BCUT2D eigenvalue weighted by atomic mass is 10.2. The predicted octanol–water partition coefficient (Wildman–Crippen LogP) is 1.40. The first-order chi connectivity index (χ1) is 9.27. The van der Waals surface area contributed by atoms with Gasteiger partial charge in [-0.1, -0.05) is 0 Å². The number of nitrogen functional groups attached to an aromatic ring is 1. The number of carbonyl (C=O) groups excluding carboxylic acids is 1. The third kappa shape index (κ3) is 3.52. The minimum Gasteiger partial charge on any atom is -0.396 e. The van der Waals surface area contributed by atoms with Gasteiger partial charge in [0.2, 0.25) is 5.91 Å². The molecule has 1 aliphatic carbocycles. The van der Waals surface area contributed by atoms with Gasteiger partial charge in [-0.2, -0.15) is 13.2 Å². The van der Waals surface area contributed by atoms with Crippen molar-refractivity contribution in [1.82, 2.24) is 10.3 Å². The molecule has 1 aromatic rings. The van der Waals surface area contributed by atoms with Crippen LogP contribution in [0.25, 0.3) is 0 Å². The van der Waals surface area contributed by atoms with Gasteiger partial charge >= 0.3 is 6.18 Å². The van der Waals surface area contributed by atoms with Crippen LogP contribution in [0.15, 0.2) is 12.3 Å². The first-order valence-electron chi connectivity index (χ1n) is 6.10. The summed E-state index contributed by atoms with van der Waals surface area (Å²) in [7, 11) is 1.51. The minimum absolute atomic E-state index is 0.0536. The second-order valence-corrected chi connectivity index (χ2v) is 4.82. The number of nitrogens with zero attached hydrogens (tertiary/aromatic N) is 2. The van der Waals surface area contributed by atoms with E-state index < -0.39 is 11.9 Å². The zero-order chi connectivity index (χ0) is 14.9. The number of likely N-dealkylation sites (N-methyl/N-ethyl adjacent to an activating group) is 1. The lowest BCUT2D eigenvalue weighted by Crippen LogP contribution is -2.36. The van der Waals surface area contributed by atoms with Crippen molar-refractivity contribution < 1.29 is 18.0 Å². The van der Waals surface area contributed by atoms with Gasteiger partial charge in [-0.15, -0.1) is 0 Å². The fourth-order valence-corrected chi connectivity index (χ4v) is 1.74. The summed E-state index contributed by atoms with van der Waals surface area (Å²) in [6, 6.07) is 1.05. The van der Waals surface area contributed by atoms with Gasteiger partial charge in [0.25, 0.3) is 0 Å². The van der Waals surface area contributed by atoms with Crippen molar-refractivity contribution in [2.45, 2.75) is 25.1 Å². The van der Waals surface area contributed by atoms with Crippen LogP contribution in [-0.4, -0.2) is 30.5 Å². The number of halogens is 3. The molecule has 0 atom stereocenters. The van der Waals surface area contributed by atoms with Crippen molar-refractivity contribution in [3.63, 3.8) is 0 Å². The number of anilines is 2. The Morgan fingerprint density at radius 2 is 2.20 bits per heavy atom. The maximum absolute atomic E-state index is 12.6. The van der Waals surface area contributed by atoms with Gasteiger partial charge < -0.3 is 16.0 Å². The largest absolute Gasteiger partial charge is 0.433 e. The molecule has 0 aliphatic heterocycles. The molecular formula is C12H15F3N4O. The SMILES string of the molecule is CN(CC(=O)NC1CC1)c1cc(C(F)(F)F)ncc1N. The highest BCUT2D eigenvalue weighted by Gasteiger charge is 2.33. The first-order valence-corrected chi connectivity index (χ1v) is 6.10. The fourth-order valence-electron chi connectivity index (χ4n) is 1.74. The Morgan fingerprint density at radius 1 is 1.55 bits per heavy atom. The van der Waals surface area contributed by atoms with Gasteiger partial charge in [0.1, 0.15) is 5.69 Å². The molecule has 20 heavy (non-hydrogen) atoms. The predicted molar refractivity (Wildman–Crippen MR) is 68.1 cm³/mol. The van der Waals surface area contributed by atoms with Crippen LogP contribution < -0.4 is 16.0 Å². The summed E-state index contributed by atoms with van der Waals surface area (Å²) in [5.74, 6) is -0.236. The molecule has 1 fully saturated rings. The van der Waals surface area contributed by atoms with Crippen molar-refractivity contribution in [3.8, 4) is 0 Å². The summed E-state index contributed by atoms with van der Waals surface area (Å²) >= 11 is 0. The van der Waals surface area contributed by atoms with Crippen molar-refractivity contribution in [2.75, 3.05) is 24.2 Å². The molecule has 8 heteroatoms. The molecule has 1 amide bonds. The first kappa shape index (κ1) is 14.4. The molecule has 0 bridgehead atoms. The van der Waals surface area contributed by atoms with Crippen LogP contribution in [0.3, 0.4) is 0 Å². The molecule has 1 saturated carbocycles. The summed E-state index contributed by atoms with van der Waals surface area (Å²) in [6.45, 7) is -0.0536. The molecule has 1 heterocycles. The molecule has 1 aliphatic rings. The number of aromatic nitrogens is 1. The van der Waals surface area contributed by atoms with Gasteiger partial charge in [-0.3, -0.25) is 4.79 Å². The van der Waals surface area contributed by atoms with Crippen LogP contribution in [0.2, 0.25) is 0 Å². The van der Waals surface area contributed by atoms with Crippen LogP contribution in [0.5, 0.6) is 0 Å². The molecule has 0 aromatic carbocycles. The normalized spacial score (nSPS) is 15.0. The standard InChI is InChI=1S/C12H15F3N4O/c1-19(6-11(20)18-7-2-3-7)9-4-10(12(13,14)15)17-5-8(9)16/h4-5,7H,2-3,6,16H2,1H3,(H,18,20). The number of amides is 1. The summed E-state index contributed by atoms with van der Waals surface area (Å²) in [5, 5.41) is 2.76. The number of nitrogens with two attached hydrogens (primary N) is 1. The van der Waals surface area contributed by atoms with Crippen LogP contribution in [0.4, 0.5) is 24.5 Å². The molecule has 5 nitrogen and oxygen atoms in total. The van der Waals surface area contributed by atoms with E-state index in [4.69, 9.17) is 5.73 Å².